The summed E-state index contributed by atoms with van der Waals surface area (Å²) in [6.45, 7) is 1.27. The van der Waals surface area contributed by atoms with Gasteiger partial charge in [-0.2, -0.15) is 8.62 Å². The number of aromatic nitrogens is 7. The van der Waals surface area contributed by atoms with Crippen molar-refractivity contribution in [3.05, 3.63) is 12.5 Å². The average molecular weight is 570 g/mol. The standard InChI is InChI=1S/C14H21N8O11P3/c1-7-3-8(5-30-35(26,27)33-36(28,29)32-34(23,24)25)31-14(7)22-4-9(12-18-19-20-21(12)2)10-11(15)16-6-17-13(10)22/h4,6-8,14H,3,5H2,1-2H3,(H,26,27)(H,28,29)(H2,15,16,17)(H2,23,24,25). The van der Waals surface area contributed by atoms with Crippen LogP contribution in [0, 0.1) is 5.92 Å². The number of rotatable bonds is 9. The van der Waals surface area contributed by atoms with Crippen molar-refractivity contribution in [1.29, 1.82) is 0 Å². The zero-order valence-corrected chi connectivity index (χ0v) is 21.2. The molecule has 1 saturated heterocycles. The Labute approximate surface area is 201 Å². The molecule has 5 unspecified atom stereocenters. The molecule has 22 heteroatoms. The molecule has 1 fully saturated rings. The lowest BCUT2D eigenvalue weighted by Gasteiger charge is -2.19. The molecule has 4 rings (SSSR count). The minimum atomic E-state index is -5.62. The number of nitrogen functional groups attached to an aromatic ring is 1. The molecule has 4 heterocycles. The van der Waals surface area contributed by atoms with Gasteiger partial charge in [0.2, 0.25) is 0 Å². The van der Waals surface area contributed by atoms with Gasteiger partial charge in [0.15, 0.2) is 5.82 Å². The van der Waals surface area contributed by atoms with Gasteiger partial charge in [-0.3, -0.25) is 4.52 Å². The zero-order valence-electron chi connectivity index (χ0n) is 18.5. The van der Waals surface area contributed by atoms with E-state index in [9.17, 15) is 23.5 Å². The Bertz CT molecular complexity index is 1420. The number of anilines is 1. The number of ether oxygens (including phenoxy) is 1. The van der Waals surface area contributed by atoms with Gasteiger partial charge in [-0.1, -0.05) is 6.92 Å². The second kappa shape index (κ2) is 9.63. The van der Waals surface area contributed by atoms with Gasteiger partial charge >= 0.3 is 23.5 Å². The van der Waals surface area contributed by atoms with E-state index in [4.69, 9.17) is 24.8 Å². The third-order valence-electron chi connectivity index (χ3n) is 5.07. The van der Waals surface area contributed by atoms with Crippen LogP contribution in [-0.2, 0) is 38.6 Å². The number of tetrazole rings is 1. The van der Waals surface area contributed by atoms with Crippen LogP contribution in [0.15, 0.2) is 12.5 Å². The van der Waals surface area contributed by atoms with Gasteiger partial charge in [0.25, 0.3) is 0 Å². The lowest BCUT2D eigenvalue weighted by molar-refractivity contribution is -0.0287. The highest BCUT2D eigenvalue weighted by molar-refractivity contribution is 7.66. The molecule has 0 saturated carbocycles. The Morgan fingerprint density at radius 1 is 1.17 bits per heavy atom. The van der Waals surface area contributed by atoms with Crippen LogP contribution >= 0.6 is 23.5 Å². The third-order valence-corrected chi connectivity index (χ3v) is 8.87. The first-order valence-corrected chi connectivity index (χ1v) is 14.5. The minimum Gasteiger partial charge on any atom is -0.383 e. The average Bonchev–Trinajstić information content (AvgIpc) is 3.40. The summed E-state index contributed by atoms with van der Waals surface area (Å²) in [5, 5.41) is 11.9. The summed E-state index contributed by atoms with van der Waals surface area (Å²) < 4.78 is 55.5. The Hall–Kier alpha value is -2.14. The fraction of sp³-hybridized carbons (Fsp3) is 0.500. The maximum Gasteiger partial charge on any atom is 0.490 e. The topological polar surface area (TPSA) is 269 Å². The molecule has 5 atom stereocenters. The molecule has 1 aliphatic heterocycles. The second-order valence-corrected chi connectivity index (χ2v) is 12.2. The van der Waals surface area contributed by atoms with Gasteiger partial charge in [0.1, 0.15) is 24.0 Å². The van der Waals surface area contributed by atoms with Crippen LogP contribution in [0.2, 0.25) is 0 Å². The first-order valence-electron chi connectivity index (χ1n) is 9.93. The maximum atomic E-state index is 12.0. The number of hydrogen-bond donors (Lipinski definition) is 5. The fourth-order valence-electron chi connectivity index (χ4n) is 3.78. The molecular formula is C14H21N8O11P3. The first-order chi connectivity index (χ1) is 16.7. The number of fused-ring (bicyclic) bond motifs is 1. The predicted octanol–water partition coefficient (Wildman–Crippen LogP) is 0.471. The van der Waals surface area contributed by atoms with E-state index in [0.29, 0.717) is 28.8 Å². The molecule has 3 aromatic heterocycles. The summed E-state index contributed by atoms with van der Waals surface area (Å²) >= 11 is 0. The molecule has 0 aromatic carbocycles. The summed E-state index contributed by atoms with van der Waals surface area (Å²) in [4.78, 5) is 44.5. The van der Waals surface area contributed by atoms with Gasteiger partial charge in [0.05, 0.1) is 23.7 Å². The Morgan fingerprint density at radius 3 is 2.53 bits per heavy atom. The van der Waals surface area contributed by atoms with Crippen molar-refractivity contribution < 1.29 is 51.2 Å². The van der Waals surface area contributed by atoms with Crippen molar-refractivity contribution in [2.45, 2.75) is 25.7 Å². The van der Waals surface area contributed by atoms with Gasteiger partial charge in [-0.05, 0) is 16.8 Å². The largest absolute Gasteiger partial charge is 0.490 e. The van der Waals surface area contributed by atoms with Gasteiger partial charge in [-0.25, -0.2) is 28.3 Å². The van der Waals surface area contributed by atoms with Crippen molar-refractivity contribution >= 4 is 40.3 Å². The van der Waals surface area contributed by atoms with E-state index in [1.165, 1.54) is 11.0 Å². The molecule has 0 aliphatic carbocycles. The normalized spacial score (nSPS) is 24.1. The Balaban J connectivity index is 1.52. The highest BCUT2D eigenvalue weighted by atomic mass is 31.3. The zero-order chi connectivity index (χ0) is 26.5. The van der Waals surface area contributed by atoms with Crippen molar-refractivity contribution in [3.63, 3.8) is 0 Å². The summed E-state index contributed by atoms with van der Waals surface area (Å²) in [6.07, 6.45) is 1.85. The number of nitrogens with zero attached hydrogens (tertiary/aromatic N) is 7. The van der Waals surface area contributed by atoms with Crippen LogP contribution in [0.3, 0.4) is 0 Å². The van der Waals surface area contributed by atoms with Crippen LogP contribution < -0.4 is 5.73 Å². The van der Waals surface area contributed by atoms with Crippen LogP contribution in [0.1, 0.15) is 19.6 Å². The van der Waals surface area contributed by atoms with E-state index >= 15 is 0 Å². The van der Waals surface area contributed by atoms with Crippen molar-refractivity contribution in [1.82, 2.24) is 34.7 Å². The first kappa shape index (κ1) is 26.9. The molecule has 0 radical (unpaired) electrons. The Kier molecular flexibility index (Phi) is 7.20. The fourth-order valence-corrected chi connectivity index (χ4v) is 6.82. The minimum absolute atomic E-state index is 0.184. The van der Waals surface area contributed by atoms with Crippen molar-refractivity contribution in [3.8, 4) is 11.4 Å². The monoisotopic (exact) mass is 570 g/mol. The number of phosphoric acid groups is 3. The Morgan fingerprint density at radius 2 is 1.89 bits per heavy atom. The van der Waals surface area contributed by atoms with Gasteiger partial charge in [-0.15, -0.1) is 5.10 Å². The molecule has 198 valence electrons. The van der Waals surface area contributed by atoms with E-state index in [1.807, 2.05) is 6.92 Å². The summed E-state index contributed by atoms with van der Waals surface area (Å²) in [5.41, 5.74) is 7.06. The number of phosphoric ester groups is 1. The van der Waals surface area contributed by atoms with Crippen LogP contribution in [0.25, 0.3) is 22.4 Å². The highest BCUT2D eigenvalue weighted by Crippen LogP contribution is 2.66. The van der Waals surface area contributed by atoms with Crippen LogP contribution in [-0.4, -0.2) is 67.0 Å². The van der Waals surface area contributed by atoms with Crippen LogP contribution in [0.5, 0.6) is 0 Å². The second-order valence-electron chi connectivity index (χ2n) is 7.78. The van der Waals surface area contributed by atoms with E-state index in [1.54, 1.807) is 17.8 Å². The van der Waals surface area contributed by atoms with Crippen molar-refractivity contribution in [2.24, 2.45) is 13.0 Å². The molecule has 1 aliphatic rings. The molecule has 6 N–H and O–H groups in total. The molecule has 36 heavy (non-hydrogen) atoms. The quantitative estimate of drug-likeness (QED) is 0.219. The van der Waals surface area contributed by atoms with Crippen LogP contribution in [0.4, 0.5) is 5.82 Å². The molecule has 0 amide bonds. The van der Waals surface area contributed by atoms with Gasteiger partial charge in [0, 0.05) is 19.2 Å². The number of hydrogen-bond acceptors (Lipinski definition) is 13. The molecule has 0 bridgehead atoms. The van der Waals surface area contributed by atoms with Crippen molar-refractivity contribution in [2.75, 3.05) is 12.3 Å². The summed E-state index contributed by atoms with van der Waals surface area (Å²) in [6, 6.07) is 0. The maximum absolute atomic E-state index is 12.0. The number of aryl methyl sites for hydroxylation is 1. The van der Waals surface area contributed by atoms with E-state index in [-0.39, 0.29) is 11.7 Å². The molecule has 0 spiro atoms. The summed E-state index contributed by atoms with van der Waals surface area (Å²) in [5.74, 6) is 0.401. The predicted molar refractivity (Wildman–Crippen MR) is 117 cm³/mol. The molecule has 19 nitrogen and oxygen atoms in total. The lowest BCUT2D eigenvalue weighted by atomic mass is 10.1. The summed E-state index contributed by atoms with van der Waals surface area (Å²) in [7, 11) is -14.7. The molecular weight excluding hydrogens is 549 g/mol. The number of nitrogens with two attached hydrogens (primary N) is 1. The highest BCUT2D eigenvalue weighted by Gasteiger charge is 2.42. The van der Waals surface area contributed by atoms with E-state index in [0.717, 1.165) is 0 Å². The smallest absolute Gasteiger partial charge is 0.383 e. The molecule has 3 aromatic rings. The lowest BCUT2D eigenvalue weighted by Crippen LogP contribution is -2.17. The van der Waals surface area contributed by atoms with Gasteiger partial charge < -0.3 is 34.6 Å². The third kappa shape index (κ3) is 5.88. The van der Waals surface area contributed by atoms with E-state index in [2.05, 4.69) is 34.1 Å². The van der Waals surface area contributed by atoms with E-state index < -0.39 is 42.4 Å². The SMILES string of the molecule is CC1CC(COP(=O)(O)OP(=O)(O)OP(=O)(O)O)OC1n1cc(-c2nnnn2C)c2c(N)ncnc21.